The van der Waals surface area contributed by atoms with Gasteiger partial charge in [0.25, 0.3) is 5.91 Å². The SMILES string of the molecule is N#Cc1ccc2c(c1)NC(=O)c1ccc(Cl)cc1N2. The molecule has 1 aliphatic heterocycles. The summed E-state index contributed by atoms with van der Waals surface area (Å²) in [5, 5.41) is 15.4. The maximum absolute atomic E-state index is 12.1. The summed E-state index contributed by atoms with van der Waals surface area (Å²) in [7, 11) is 0. The van der Waals surface area contributed by atoms with Crippen LogP contribution in [0.5, 0.6) is 0 Å². The van der Waals surface area contributed by atoms with Crippen molar-refractivity contribution in [1.82, 2.24) is 0 Å². The minimum atomic E-state index is -0.229. The van der Waals surface area contributed by atoms with Crippen LogP contribution in [0.3, 0.4) is 0 Å². The van der Waals surface area contributed by atoms with Crippen LogP contribution >= 0.6 is 11.6 Å². The molecule has 0 radical (unpaired) electrons. The number of nitriles is 1. The summed E-state index contributed by atoms with van der Waals surface area (Å²) in [5.41, 5.74) is 2.96. The van der Waals surface area contributed by atoms with Gasteiger partial charge in [-0.1, -0.05) is 11.6 Å². The Hall–Kier alpha value is -2.51. The number of fused-ring (bicyclic) bond motifs is 2. The van der Waals surface area contributed by atoms with Crippen LogP contribution in [0.2, 0.25) is 5.02 Å². The molecule has 2 aromatic rings. The van der Waals surface area contributed by atoms with E-state index in [0.29, 0.717) is 27.5 Å². The largest absolute Gasteiger partial charge is 0.353 e. The lowest BCUT2D eigenvalue weighted by Gasteiger charge is -2.08. The van der Waals surface area contributed by atoms with Crippen molar-refractivity contribution in [2.75, 3.05) is 10.6 Å². The van der Waals surface area contributed by atoms with Gasteiger partial charge in [0.2, 0.25) is 0 Å². The summed E-state index contributed by atoms with van der Waals surface area (Å²) in [6.07, 6.45) is 0. The molecular formula is C14H8ClN3O. The molecule has 3 rings (SSSR count). The van der Waals surface area contributed by atoms with Crippen LogP contribution in [-0.4, -0.2) is 5.91 Å². The number of amides is 1. The fourth-order valence-corrected chi connectivity index (χ4v) is 2.15. The van der Waals surface area contributed by atoms with Crippen LogP contribution < -0.4 is 10.6 Å². The van der Waals surface area contributed by atoms with E-state index in [0.717, 1.165) is 5.69 Å². The molecule has 0 aliphatic carbocycles. The zero-order chi connectivity index (χ0) is 13.4. The molecule has 0 atom stereocenters. The van der Waals surface area contributed by atoms with Crippen molar-refractivity contribution in [2.24, 2.45) is 0 Å². The number of benzene rings is 2. The summed E-state index contributed by atoms with van der Waals surface area (Å²) in [4.78, 5) is 12.1. The monoisotopic (exact) mass is 269 g/mol. The highest BCUT2D eigenvalue weighted by molar-refractivity contribution is 6.31. The number of carbonyl (C=O) groups excluding carboxylic acids is 1. The Labute approximate surface area is 114 Å². The molecule has 5 heteroatoms. The Morgan fingerprint density at radius 3 is 2.63 bits per heavy atom. The highest BCUT2D eigenvalue weighted by Crippen LogP contribution is 2.33. The summed E-state index contributed by atoms with van der Waals surface area (Å²) < 4.78 is 0. The maximum atomic E-state index is 12.1. The second-order valence-corrected chi connectivity index (χ2v) is 4.58. The third-order valence-electron chi connectivity index (χ3n) is 2.89. The topological polar surface area (TPSA) is 64.9 Å². The molecule has 2 N–H and O–H groups in total. The highest BCUT2D eigenvalue weighted by Gasteiger charge is 2.19. The van der Waals surface area contributed by atoms with Crippen molar-refractivity contribution in [1.29, 1.82) is 5.26 Å². The summed E-state index contributed by atoms with van der Waals surface area (Å²) in [6.45, 7) is 0. The molecule has 92 valence electrons. The van der Waals surface area contributed by atoms with E-state index in [4.69, 9.17) is 16.9 Å². The molecule has 0 spiro atoms. The van der Waals surface area contributed by atoms with Crippen molar-refractivity contribution < 1.29 is 4.79 Å². The normalized spacial score (nSPS) is 12.3. The molecule has 19 heavy (non-hydrogen) atoms. The number of hydrogen-bond donors (Lipinski definition) is 2. The van der Waals surface area contributed by atoms with Gasteiger partial charge in [0.15, 0.2) is 0 Å². The Bertz CT molecular complexity index is 734. The third-order valence-corrected chi connectivity index (χ3v) is 3.13. The van der Waals surface area contributed by atoms with Gasteiger partial charge >= 0.3 is 0 Å². The molecule has 1 amide bonds. The first-order valence-corrected chi connectivity index (χ1v) is 5.97. The number of nitrogens with one attached hydrogen (secondary N) is 2. The van der Waals surface area contributed by atoms with E-state index in [2.05, 4.69) is 10.6 Å². The molecule has 0 unspecified atom stereocenters. The number of rotatable bonds is 0. The number of anilines is 3. The average molecular weight is 270 g/mol. The van der Waals surface area contributed by atoms with Crippen LogP contribution in [0.25, 0.3) is 0 Å². The molecule has 0 fully saturated rings. The van der Waals surface area contributed by atoms with Crippen molar-refractivity contribution in [3.63, 3.8) is 0 Å². The summed E-state index contributed by atoms with van der Waals surface area (Å²) in [6, 6.07) is 12.1. The van der Waals surface area contributed by atoms with E-state index >= 15 is 0 Å². The van der Waals surface area contributed by atoms with Gasteiger partial charge in [-0.25, -0.2) is 0 Å². The van der Waals surface area contributed by atoms with Gasteiger partial charge < -0.3 is 10.6 Å². The number of carbonyl (C=O) groups is 1. The Morgan fingerprint density at radius 2 is 1.84 bits per heavy atom. The maximum Gasteiger partial charge on any atom is 0.257 e. The molecule has 1 heterocycles. The van der Waals surface area contributed by atoms with Crippen LogP contribution in [0, 0.1) is 11.3 Å². The predicted molar refractivity (Wildman–Crippen MR) is 73.8 cm³/mol. The van der Waals surface area contributed by atoms with Gasteiger partial charge in [-0.05, 0) is 36.4 Å². The average Bonchev–Trinajstić information content (AvgIpc) is 2.53. The fourth-order valence-electron chi connectivity index (χ4n) is 1.98. The lowest BCUT2D eigenvalue weighted by atomic mass is 10.1. The van der Waals surface area contributed by atoms with Crippen LogP contribution in [0.4, 0.5) is 17.1 Å². The minimum Gasteiger partial charge on any atom is -0.353 e. The van der Waals surface area contributed by atoms with Crippen molar-refractivity contribution in [3.05, 3.63) is 52.5 Å². The van der Waals surface area contributed by atoms with E-state index in [9.17, 15) is 4.79 Å². The fraction of sp³-hybridized carbons (Fsp3) is 0. The molecule has 0 aromatic heterocycles. The molecule has 4 nitrogen and oxygen atoms in total. The summed E-state index contributed by atoms with van der Waals surface area (Å²) in [5.74, 6) is -0.229. The summed E-state index contributed by atoms with van der Waals surface area (Å²) >= 11 is 5.94. The van der Waals surface area contributed by atoms with Crippen molar-refractivity contribution in [3.8, 4) is 6.07 Å². The van der Waals surface area contributed by atoms with Gasteiger partial charge in [0.05, 0.1) is 34.3 Å². The van der Waals surface area contributed by atoms with Gasteiger partial charge in [-0.15, -0.1) is 0 Å². The Morgan fingerprint density at radius 1 is 1.00 bits per heavy atom. The second-order valence-electron chi connectivity index (χ2n) is 4.14. The van der Waals surface area contributed by atoms with Gasteiger partial charge in [-0.2, -0.15) is 5.26 Å². The Kier molecular flexibility index (Phi) is 2.62. The molecular weight excluding hydrogens is 262 g/mol. The molecule has 1 aliphatic rings. The zero-order valence-electron chi connectivity index (χ0n) is 9.70. The van der Waals surface area contributed by atoms with Gasteiger partial charge in [-0.3, -0.25) is 4.79 Å². The number of nitrogens with zero attached hydrogens (tertiary/aromatic N) is 1. The zero-order valence-corrected chi connectivity index (χ0v) is 10.5. The third kappa shape index (κ3) is 2.01. The van der Waals surface area contributed by atoms with Crippen molar-refractivity contribution >= 4 is 34.6 Å². The van der Waals surface area contributed by atoms with E-state index in [1.54, 1.807) is 36.4 Å². The smallest absolute Gasteiger partial charge is 0.257 e. The molecule has 0 saturated carbocycles. The van der Waals surface area contributed by atoms with Gasteiger partial charge in [0, 0.05) is 5.02 Å². The highest BCUT2D eigenvalue weighted by atomic mass is 35.5. The standard InChI is InChI=1S/C14H8ClN3O/c15-9-2-3-10-12(6-9)17-11-4-1-8(7-16)5-13(11)18-14(10)19/h1-6,17H,(H,18,19). The predicted octanol–water partition coefficient (Wildman–Crippen LogP) is 3.52. The van der Waals surface area contributed by atoms with Crippen LogP contribution in [-0.2, 0) is 0 Å². The number of halogens is 1. The number of hydrogen-bond acceptors (Lipinski definition) is 3. The lowest BCUT2D eigenvalue weighted by molar-refractivity contribution is 0.102. The molecule has 0 saturated heterocycles. The Balaban J connectivity index is 2.15. The van der Waals surface area contributed by atoms with E-state index in [1.165, 1.54) is 0 Å². The lowest BCUT2D eigenvalue weighted by Crippen LogP contribution is -2.10. The molecule has 2 aromatic carbocycles. The van der Waals surface area contributed by atoms with E-state index < -0.39 is 0 Å². The minimum absolute atomic E-state index is 0.229. The van der Waals surface area contributed by atoms with E-state index in [1.807, 2.05) is 6.07 Å². The quantitative estimate of drug-likeness (QED) is 0.769. The first kappa shape index (κ1) is 11.6. The van der Waals surface area contributed by atoms with E-state index in [-0.39, 0.29) is 5.91 Å². The van der Waals surface area contributed by atoms with Crippen LogP contribution in [0.1, 0.15) is 15.9 Å². The second kappa shape index (κ2) is 4.30. The first-order valence-electron chi connectivity index (χ1n) is 5.59. The van der Waals surface area contributed by atoms with Crippen LogP contribution in [0.15, 0.2) is 36.4 Å². The van der Waals surface area contributed by atoms with Gasteiger partial charge in [0.1, 0.15) is 0 Å². The van der Waals surface area contributed by atoms with Crippen molar-refractivity contribution in [2.45, 2.75) is 0 Å². The first-order chi connectivity index (χ1) is 9.17. The molecule has 0 bridgehead atoms.